The van der Waals surface area contributed by atoms with Crippen molar-refractivity contribution in [1.82, 2.24) is 4.57 Å². The Bertz CT molecular complexity index is 418. The molecule has 4 nitrogen and oxygen atoms in total. The number of ether oxygens (including phenoxy) is 1. The molecular weight excluding hydrogens is 206 g/mol. The molecule has 0 bridgehead atoms. The van der Waals surface area contributed by atoms with Gasteiger partial charge < -0.3 is 9.30 Å². The summed E-state index contributed by atoms with van der Waals surface area (Å²) in [5, 5.41) is 0. The van der Waals surface area contributed by atoms with Crippen LogP contribution in [-0.4, -0.2) is 22.9 Å². The standard InChI is InChI=1S/C12H17NO3/c1-5-10-8(3)9(7-13(10)4)11(14)12(15)16-6-2/h7H,5-6H2,1-4H3. The number of Topliss-reactive ketones (excluding diaryl/α,β-unsaturated/α-hetero) is 1. The molecular formula is C12H17NO3. The maximum Gasteiger partial charge on any atom is 0.379 e. The number of rotatable bonds is 4. The average Bonchev–Trinajstić information content (AvgIpc) is 2.53. The molecule has 88 valence electrons. The number of carbonyl (C=O) groups is 2. The Balaban J connectivity index is 3.05. The van der Waals surface area contributed by atoms with Crippen LogP contribution in [0.3, 0.4) is 0 Å². The maximum absolute atomic E-state index is 11.7. The molecule has 0 saturated carbocycles. The third-order valence-electron chi connectivity index (χ3n) is 2.63. The Morgan fingerprint density at radius 3 is 2.44 bits per heavy atom. The van der Waals surface area contributed by atoms with Crippen molar-refractivity contribution in [2.45, 2.75) is 27.2 Å². The fourth-order valence-corrected chi connectivity index (χ4v) is 1.84. The number of nitrogens with zero attached hydrogens (tertiary/aromatic N) is 1. The molecule has 0 fully saturated rings. The molecule has 0 radical (unpaired) electrons. The summed E-state index contributed by atoms with van der Waals surface area (Å²) in [5.74, 6) is -1.34. The lowest BCUT2D eigenvalue weighted by molar-refractivity contribution is -0.137. The van der Waals surface area contributed by atoms with Gasteiger partial charge in [-0.1, -0.05) is 6.92 Å². The molecule has 0 atom stereocenters. The van der Waals surface area contributed by atoms with E-state index in [2.05, 4.69) is 0 Å². The topological polar surface area (TPSA) is 48.3 Å². The highest BCUT2D eigenvalue weighted by Gasteiger charge is 2.22. The zero-order valence-corrected chi connectivity index (χ0v) is 10.2. The third kappa shape index (κ3) is 2.15. The third-order valence-corrected chi connectivity index (χ3v) is 2.63. The van der Waals surface area contributed by atoms with Gasteiger partial charge in [0, 0.05) is 18.9 Å². The van der Waals surface area contributed by atoms with Crippen molar-refractivity contribution in [3.8, 4) is 0 Å². The first-order chi connectivity index (χ1) is 7.52. The van der Waals surface area contributed by atoms with Gasteiger partial charge >= 0.3 is 5.97 Å². The minimum absolute atomic E-state index is 0.219. The molecule has 1 rings (SSSR count). The van der Waals surface area contributed by atoms with E-state index in [1.165, 1.54) is 0 Å². The SMILES string of the molecule is CCOC(=O)C(=O)c1cn(C)c(CC)c1C. The van der Waals surface area contributed by atoms with Crippen molar-refractivity contribution >= 4 is 11.8 Å². The van der Waals surface area contributed by atoms with E-state index in [-0.39, 0.29) is 6.61 Å². The van der Waals surface area contributed by atoms with E-state index in [4.69, 9.17) is 4.74 Å². The number of ketones is 1. The molecule has 16 heavy (non-hydrogen) atoms. The van der Waals surface area contributed by atoms with E-state index < -0.39 is 11.8 Å². The second kappa shape index (κ2) is 4.96. The summed E-state index contributed by atoms with van der Waals surface area (Å²) in [7, 11) is 1.87. The summed E-state index contributed by atoms with van der Waals surface area (Å²) >= 11 is 0. The first-order valence-electron chi connectivity index (χ1n) is 5.39. The van der Waals surface area contributed by atoms with E-state index >= 15 is 0 Å². The number of hydrogen-bond donors (Lipinski definition) is 0. The Labute approximate surface area is 95.2 Å². The number of aromatic nitrogens is 1. The first-order valence-corrected chi connectivity index (χ1v) is 5.39. The van der Waals surface area contributed by atoms with Crippen LogP contribution in [0.15, 0.2) is 6.20 Å². The smallest absolute Gasteiger partial charge is 0.379 e. The molecule has 0 aliphatic carbocycles. The van der Waals surface area contributed by atoms with Gasteiger partial charge in [-0.15, -0.1) is 0 Å². The molecule has 0 aliphatic rings. The second-order valence-corrected chi connectivity index (χ2v) is 3.63. The largest absolute Gasteiger partial charge is 0.460 e. The van der Waals surface area contributed by atoms with Crippen molar-refractivity contribution in [3.05, 3.63) is 23.0 Å². The van der Waals surface area contributed by atoms with Crippen LogP contribution in [0.4, 0.5) is 0 Å². The highest BCUT2D eigenvalue weighted by atomic mass is 16.5. The number of esters is 1. The molecule has 0 N–H and O–H groups in total. The second-order valence-electron chi connectivity index (χ2n) is 3.63. The number of hydrogen-bond acceptors (Lipinski definition) is 3. The fraction of sp³-hybridized carbons (Fsp3) is 0.500. The van der Waals surface area contributed by atoms with Gasteiger partial charge in [-0.05, 0) is 25.8 Å². The predicted octanol–water partition coefficient (Wildman–Crippen LogP) is 1.64. The van der Waals surface area contributed by atoms with E-state index in [1.807, 2.05) is 25.5 Å². The van der Waals surface area contributed by atoms with Gasteiger partial charge in [0.05, 0.1) is 12.2 Å². The van der Waals surface area contributed by atoms with Crippen LogP contribution in [0.5, 0.6) is 0 Å². The lowest BCUT2D eigenvalue weighted by atomic mass is 10.1. The first kappa shape index (κ1) is 12.5. The van der Waals surface area contributed by atoms with Crippen LogP contribution in [0, 0.1) is 6.92 Å². The molecule has 0 aliphatic heterocycles. The van der Waals surface area contributed by atoms with E-state index in [0.717, 1.165) is 17.7 Å². The maximum atomic E-state index is 11.7. The lowest BCUT2D eigenvalue weighted by Crippen LogP contribution is -2.17. The predicted molar refractivity (Wildman–Crippen MR) is 60.5 cm³/mol. The summed E-state index contributed by atoms with van der Waals surface area (Å²) < 4.78 is 6.57. The molecule has 0 spiro atoms. The summed E-state index contributed by atoms with van der Waals surface area (Å²) in [6, 6.07) is 0. The zero-order valence-electron chi connectivity index (χ0n) is 10.2. The van der Waals surface area contributed by atoms with Crippen LogP contribution in [0.1, 0.15) is 35.5 Å². The van der Waals surface area contributed by atoms with Gasteiger partial charge in [-0.25, -0.2) is 4.79 Å². The zero-order chi connectivity index (χ0) is 12.3. The molecule has 1 heterocycles. The van der Waals surface area contributed by atoms with Crippen molar-refractivity contribution in [3.63, 3.8) is 0 Å². The number of aryl methyl sites for hydroxylation is 1. The quantitative estimate of drug-likeness (QED) is 0.443. The van der Waals surface area contributed by atoms with Crippen molar-refractivity contribution in [2.24, 2.45) is 7.05 Å². The molecule has 4 heteroatoms. The summed E-state index contributed by atoms with van der Waals surface area (Å²) in [6.07, 6.45) is 2.52. The van der Waals surface area contributed by atoms with Crippen LogP contribution >= 0.6 is 0 Å². The molecule has 1 aromatic heterocycles. The van der Waals surface area contributed by atoms with Gasteiger partial charge in [0.25, 0.3) is 5.78 Å². The van der Waals surface area contributed by atoms with E-state index in [9.17, 15) is 9.59 Å². The van der Waals surface area contributed by atoms with Crippen molar-refractivity contribution in [1.29, 1.82) is 0 Å². The molecule has 0 unspecified atom stereocenters. The Hall–Kier alpha value is -1.58. The van der Waals surface area contributed by atoms with Gasteiger partial charge in [0.2, 0.25) is 0 Å². The van der Waals surface area contributed by atoms with E-state index in [1.54, 1.807) is 13.1 Å². The van der Waals surface area contributed by atoms with Crippen LogP contribution < -0.4 is 0 Å². The summed E-state index contributed by atoms with van der Waals surface area (Å²) in [4.78, 5) is 23.1. The molecule has 0 saturated heterocycles. The molecule has 0 aromatic carbocycles. The average molecular weight is 223 g/mol. The summed E-state index contributed by atoms with van der Waals surface area (Å²) in [6.45, 7) is 5.77. The normalized spacial score (nSPS) is 10.2. The van der Waals surface area contributed by atoms with Gasteiger partial charge in [0.1, 0.15) is 0 Å². The Morgan fingerprint density at radius 2 is 2.00 bits per heavy atom. The lowest BCUT2D eigenvalue weighted by Gasteiger charge is -2.01. The van der Waals surface area contributed by atoms with E-state index in [0.29, 0.717) is 5.56 Å². The molecule has 0 amide bonds. The minimum Gasteiger partial charge on any atom is -0.460 e. The van der Waals surface area contributed by atoms with Gasteiger partial charge in [-0.2, -0.15) is 0 Å². The van der Waals surface area contributed by atoms with Gasteiger partial charge in [0.15, 0.2) is 0 Å². The highest BCUT2D eigenvalue weighted by Crippen LogP contribution is 2.17. The fourth-order valence-electron chi connectivity index (χ4n) is 1.84. The van der Waals surface area contributed by atoms with Crippen LogP contribution in [0.25, 0.3) is 0 Å². The molecule has 1 aromatic rings. The van der Waals surface area contributed by atoms with Crippen LogP contribution in [0.2, 0.25) is 0 Å². The van der Waals surface area contributed by atoms with Crippen molar-refractivity contribution in [2.75, 3.05) is 6.61 Å². The van der Waals surface area contributed by atoms with Crippen LogP contribution in [-0.2, 0) is 23.0 Å². The van der Waals surface area contributed by atoms with Crippen molar-refractivity contribution < 1.29 is 14.3 Å². The monoisotopic (exact) mass is 223 g/mol. The minimum atomic E-state index is -0.779. The number of carbonyl (C=O) groups excluding carboxylic acids is 2. The Morgan fingerprint density at radius 1 is 1.38 bits per heavy atom. The summed E-state index contributed by atoms with van der Waals surface area (Å²) in [5.41, 5.74) is 2.37. The highest BCUT2D eigenvalue weighted by molar-refractivity contribution is 6.41. The van der Waals surface area contributed by atoms with Gasteiger partial charge in [-0.3, -0.25) is 4.79 Å². The Kier molecular flexibility index (Phi) is 3.88.